The first kappa shape index (κ1) is 14.4. The molecule has 3 N–H and O–H groups in total. The molecule has 4 heteroatoms. The van der Waals surface area contributed by atoms with Crippen molar-refractivity contribution in [1.82, 2.24) is 15.3 Å². The third kappa shape index (κ3) is 2.81. The van der Waals surface area contributed by atoms with Gasteiger partial charge in [-0.25, -0.2) is 0 Å². The Kier molecular flexibility index (Phi) is 4.55. The minimum absolute atomic E-state index is 0.0876. The maximum atomic E-state index is 5.89. The molecular weight excluding hydrogens is 236 g/mol. The number of hydrogen-bond acceptors (Lipinski definition) is 4. The molecule has 1 aromatic rings. The molecule has 1 aliphatic carbocycles. The van der Waals surface area contributed by atoms with E-state index in [9.17, 15) is 0 Å². The van der Waals surface area contributed by atoms with Crippen LogP contribution in [0.15, 0.2) is 24.5 Å². The molecule has 1 unspecified atom stereocenters. The number of rotatable bonds is 4. The number of likely N-dealkylation sites (N-methyl/N-ethyl adjacent to an activating group) is 1. The van der Waals surface area contributed by atoms with Crippen LogP contribution in [-0.4, -0.2) is 29.5 Å². The molecule has 1 atom stereocenters. The van der Waals surface area contributed by atoms with Crippen molar-refractivity contribution in [3.8, 4) is 0 Å². The van der Waals surface area contributed by atoms with E-state index < -0.39 is 0 Å². The number of hydrogen-bond donors (Lipinski definition) is 2. The Morgan fingerprint density at radius 3 is 2.58 bits per heavy atom. The summed E-state index contributed by atoms with van der Waals surface area (Å²) in [4.78, 5) is 6.58. The first-order chi connectivity index (χ1) is 9.10. The van der Waals surface area contributed by atoms with Crippen LogP contribution in [0.2, 0.25) is 0 Å². The normalized spacial score (nSPS) is 29.4. The highest BCUT2D eigenvalue weighted by molar-refractivity contribution is 5.20. The van der Waals surface area contributed by atoms with Gasteiger partial charge in [0.2, 0.25) is 0 Å². The lowest BCUT2D eigenvalue weighted by Gasteiger charge is -2.49. The summed E-state index contributed by atoms with van der Waals surface area (Å²) in [6, 6.07) is 4.22. The van der Waals surface area contributed by atoms with Gasteiger partial charge in [0.15, 0.2) is 0 Å². The van der Waals surface area contributed by atoms with Crippen molar-refractivity contribution < 1.29 is 0 Å². The monoisotopic (exact) mass is 262 g/mol. The SMILES string of the molecule is CC1CCC(C(NN)c2cccnc2)(N(C)C)CC1. The first-order valence-corrected chi connectivity index (χ1v) is 7.13. The van der Waals surface area contributed by atoms with E-state index in [-0.39, 0.29) is 11.6 Å². The molecule has 106 valence electrons. The summed E-state index contributed by atoms with van der Waals surface area (Å²) in [6.45, 7) is 2.34. The predicted molar refractivity (Wildman–Crippen MR) is 78.4 cm³/mol. The van der Waals surface area contributed by atoms with Crippen molar-refractivity contribution in [3.63, 3.8) is 0 Å². The molecule has 1 aromatic heterocycles. The van der Waals surface area contributed by atoms with Crippen molar-refractivity contribution in [2.45, 2.75) is 44.2 Å². The van der Waals surface area contributed by atoms with Gasteiger partial charge in [0.05, 0.1) is 6.04 Å². The third-order valence-electron chi connectivity index (χ3n) is 4.75. The molecule has 0 saturated heterocycles. The summed E-state index contributed by atoms with van der Waals surface area (Å²) in [5.41, 5.74) is 4.31. The van der Waals surface area contributed by atoms with Gasteiger partial charge in [-0.1, -0.05) is 13.0 Å². The van der Waals surface area contributed by atoms with Crippen LogP contribution in [0, 0.1) is 5.92 Å². The number of pyridine rings is 1. The van der Waals surface area contributed by atoms with Gasteiger partial charge in [-0.2, -0.15) is 0 Å². The fourth-order valence-electron chi connectivity index (χ4n) is 3.36. The Morgan fingerprint density at radius 1 is 1.42 bits per heavy atom. The van der Waals surface area contributed by atoms with Crippen LogP contribution in [0.4, 0.5) is 0 Å². The molecule has 0 spiro atoms. The van der Waals surface area contributed by atoms with Crippen LogP contribution in [0.25, 0.3) is 0 Å². The van der Waals surface area contributed by atoms with E-state index in [1.165, 1.54) is 31.2 Å². The van der Waals surface area contributed by atoms with Crippen LogP contribution >= 0.6 is 0 Å². The van der Waals surface area contributed by atoms with Crippen molar-refractivity contribution >= 4 is 0 Å². The van der Waals surface area contributed by atoms with Gasteiger partial charge in [0, 0.05) is 17.9 Å². The van der Waals surface area contributed by atoms with Gasteiger partial charge in [0.25, 0.3) is 0 Å². The van der Waals surface area contributed by atoms with E-state index in [0.717, 1.165) is 5.92 Å². The highest BCUT2D eigenvalue weighted by atomic mass is 15.3. The number of nitrogens with zero attached hydrogens (tertiary/aromatic N) is 2. The highest BCUT2D eigenvalue weighted by Crippen LogP contribution is 2.43. The second-order valence-electron chi connectivity index (χ2n) is 6.07. The lowest BCUT2D eigenvalue weighted by molar-refractivity contribution is 0.0427. The highest BCUT2D eigenvalue weighted by Gasteiger charge is 2.43. The average Bonchev–Trinajstić information content (AvgIpc) is 2.43. The molecule has 0 bridgehead atoms. The lowest BCUT2D eigenvalue weighted by Crippen LogP contribution is -2.56. The van der Waals surface area contributed by atoms with E-state index in [4.69, 9.17) is 5.84 Å². The van der Waals surface area contributed by atoms with Gasteiger partial charge in [-0.15, -0.1) is 0 Å². The van der Waals surface area contributed by atoms with Crippen molar-refractivity contribution in [3.05, 3.63) is 30.1 Å². The quantitative estimate of drug-likeness (QED) is 0.644. The van der Waals surface area contributed by atoms with Gasteiger partial charge in [0.1, 0.15) is 0 Å². The molecule has 1 fully saturated rings. The smallest absolute Gasteiger partial charge is 0.0658 e. The van der Waals surface area contributed by atoms with Crippen LogP contribution in [-0.2, 0) is 0 Å². The van der Waals surface area contributed by atoms with Crippen molar-refractivity contribution in [2.75, 3.05) is 14.1 Å². The largest absolute Gasteiger partial charge is 0.302 e. The zero-order valence-corrected chi connectivity index (χ0v) is 12.3. The second-order valence-corrected chi connectivity index (χ2v) is 6.07. The summed E-state index contributed by atoms with van der Waals surface area (Å²) < 4.78 is 0. The van der Waals surface area contributed by atoms with E-state index in [0.29, 0.717) is 0 Å². The molecule has 1 heterocycles. The Labute approximate surface area is 116 Å². The van der Waals surface area contributed by atoms with Gasteiger partial charge in [-0.3, -0.25) is 16.3 Å². The fourth-order valence-corrected chi connectivity index (χ4v) is 3.36. The summed E-state index contributed by atoms with van der Waals surface area (Å²) in [7, 11) is 4.33. The Hall–Kier alpha value is -0.970. The molecular formula is C15H26N4. The van der Waals surface area contributed by atoms with Crippen LogP contribution in [0.5, 0.6) is 0 Å². The van der Waals surface area contributed by atoms with E-state index >= 15 is 0 Å². The zero-order valence-electron chi connectivity index (χ0n) is 12.3. The first-order valence-electron chi connectivity index (χ1n) is 7.13. The van der Waals surface area contributed by atoms with Crippen molar-refractivity contribution in [2.24, 2.45) is 11.8 Å². The van der Waals surface area contributed by atoms with E-state index in [2.05, 4.69) is 42.4 Å². The van der Waals surface area contributed by atoms with E-state index in [1.807, 2.05) is 18.5 Å². The Morgan fingerprint density at radius 2 is 2.11 bits per heavy atom. The summed E-state index contributed by atoms with van der Waals surface area (Å²) in [5, 5.41) is 0. The van der Waals surface area contributed by atoms with Gasteiger partial charge >= 0.3 is 0 Å². The molecule has 0 aromatic carbocycles. The molecule has 0 aliphatic heterocycles. The van der Waals surface area contributed by atoms with Crippen LogP contribution in [0.1, 0.15) is 44.2 Å². The molecule has 4 nitrogen and oxygen atoms in total. The summed E-state index contributed by atoms with van der Waals surface area (Å²) in [6.07, 6.45) is 8.60. The average molecular weight is 262 g/mol. The Balaban J connectivity index is 2.31. The molecule has 0 radical (unpaired) electrons. The van der Waals surface area contributed by atoms with Gasteiger partial charge < -0.3 is 4.90 Å². The topological polar surface area (TPSA) is 54.2 Å². The van der Waals surface area contributed by atoms with Crippen LogP contribution < -0.4 is 11.3 Å². The number of nitrogens with one attached hydrogen (secondary N) is 1. The molecule has 2 rings (SSSR count). The second kappa shape index (κ2) is 5.99. The predicted octanol–water partition coefficient (Wildman–Crippen LogP) is 2.10. The lowest BCUT2D eigenvalue weighted by atomic mass is 9.70. The van der Waals surface area contributed by atoms with E-state index in [1.54, 1.807) is 0 Å². The van der Waals surface area contributed by atoms with Crippen LogP contribution in [0.3, 0.4) is 0 Å². The third-order valence-corrected chi connectivity index (χ3v) is 4.75. The number of aromatic nitrogens is 1. The summed E-state index contributed by atoms with van der Waals surface area (Å²) in [5.74, 6) is 6.71. The molecule has 19 heavy (non-hydrogen) atoms. The number of hydrazine groups is 1. The zero-order chi connectivity index (χ0) is 13.9. The Bertz CT molecular complexity index is 382. The standard InChI is InChI=1S/C15H26N4/c1-12-6-8-15(9-7-12,19(2)3)14(18-16)13-5-4-10-17-11-13/h4-5,10-12,14,18H,6-9,16H2,1-3H3. The van der Waals surface area contributed by atoms with Gasteiger partial charge in [-0.05, 0) is 57.3 Å². The maximum Gasteiger partial charge on any atom is 0.0658 e. The molecule has 1 saturated carbocycles. The fraction of sp³-hybridized carbons (Fsp3) is 0.667. The van der Waals surface area contributed by atoms with Crippen molar-refractivity contribution in [1.29, 1.82) is 0 Å². The maximum absolute atomic E-state index is 5.89. The minimum atomic E-state index is 0.0876. The minimum Gasteiger partial charge on any atom is -0.302 e. The molecule has 1 aliphatic rings. The number of nitrogens with two attached hydrogens (primary N) is 1. The molecule has 0 amide bonds. The summed E-state index contributed by atoms with van der Waals surface area (Å²) >= 11 is 0.